The quantitative estimate of drug-likeness (QED) is 0.550. The average molecular weight is 267 g/mol. The lowest BCUT2D eigenvalue weighted by Crippen LogP contribution is -2.10. The number of nitrogen functional groups attached to an aromatic ring is 1. The molecule has 0 bridgehead atoms. The molecule has 0 atom stereocenters. The van der Waals surface area contributed by atoms with Crippen LogP contribution in [0.2, 0.25) is 0 Å². The van der Waals surface area contributed by atoms with Crippen molar-refractivity contribution in [1.82, 2.24) is 4.98 Å². The van der Waals surface area contributed by atoms with Crippen molar-refractivity contribution in [1.29, 1.82) is 0 Å². The van der Waals surface area contributed by atoms with Crippen LogP contribution < -0.4 is 11.3 Å². The van der Waals surface area contributed by atoms with Gasteiger partial charge in [0.2, 0.25) is 0 Å². The highest BCUT2D eigenvalue weighted by atomic mass is 19.1. The summed E-state index contributed by atoms with van der Waals surface area (Å²) in [5.41, 5.74) is 6.36. The Kier molecular flexibility index (Phi) is 3.08. The number of hydrazine groups is 1. The molecule has 0 radical (unpaired) electrons. The molecule has 0 fully saturated rings. The fourth-order valence-electron chi connectivity index (χ4n) is 2.24. The van der Waals surface area contributed by atoms with Crippen molar-refractivity contribution >= 4 is 16.7 Å². The molecule has 1 aromatic heterocycles. The highest BCUT2D eigenvalue weighted by Crippen LogP contribution is 2.30. The van der Waals surface area contributed by atoms with E-state index in [1.165, 1.54) is 12.1 Å². The number of hydrogen-bond acceptors (Lipinski definition) is 3. The van der Waals surface area contributed by atoms with Crippen LogP contribution in [0.15, 0.2) is 48.5 Å². The molecular formula is C16H14FN3. The first kappa shape index (κ1) is 12.6. The maximum Gasteiger partial charge on any atom is 0.148 e. The number of hydrogen-bond donors (Lipinski definition) is 2. The summed E-state index contributed by atoms with van der Waals surface area (Å²) in [6.07, 6.45) is 0. The normalized spacial score (nSPS) is 10.8. The Morgan fingerprint density at radius 3 is 2.50 bits per heavy atom. The summed E-state index contributed by atoms with van der Waals surface area (Å²) in [6.45, 7) is 2.02. The summed E-state index contributed by atoms with van der Waals surface area (Å²) < 4.78 is 13.0. The second-order valence-electron chi connectivity index (χ2n) is 4.73. The lowest BCUT2D eigenvalue weighted by molar-refractivity contribution is 0.628. The van der Waals surface area contributed by atoms with Crippen LogP contribution in [0, 0.1) is 12.7 Å². The lowest BCUT2D eigenvalue weighted by Gasteiger charge is -2.10. The SMILES string of the molecule is Cc1ccc2cc(-c3ccc(F)cc3)c(NN)nc2c1. The monoisotopic (exact) mass is 267 g/mol. The van der Waals surface area contributed by atoms with Crippen LogP contribution in [-0.4, -0.2) is 4.98 Å². The number of nitrogens with one attached hydrogen (secondary N) is 1. The summed E-state index contributed by atoms with van der Waals surface area (Å²) >= 11 is 0. The van der Waals surface area contributed by atoms with Gasteiger partial charge in [-0.2, -0.15) is 0 Å². The molecule has 0 spiro atoms. The van der Waals surface area contributed by atoms with Gasteiger partial charge in [-0.25, -0.2) is 15.2 Å². The molecule has 0 saturated carbocycles. The van der Waals surface area contributed by atoms with Crippen LogP contribution >= 0.6 is 0 Å². The molecule has 20 heavy (non-hydrogen) atoms. The van der Waals surface area contributed by atoms with Crippen LogP contribution in [0.1, 0.15) is 5.56 Å². The minimum Gasteiger partial charge on any atom is -0.308 e. The zero-order valence-corrected chi connectivity index (χ0v) is 11.0. The van der Waals surface area contributed by atoms with Gasteiger partial charge >= 0.3 is 0 Å². The van der Waals surface area contributed by atoms with E-state index in [0.717, 1.165) is 27.6 Å². The third kappa shape index (κ3) is 2.21. The highest BCUT2D eigenvalue weighted by Gasteiger charge is 2.08. The number of aryl methyl sites for hydroxylation is 1. The van der Waals surface area contributed by atoms with Gasteiger partial charge in [-0.1, -0.05) is 24.3 Å². The Bertz CT molecular complexity index is 767. The van der Waals surface area contributed by atoms with Crippen molar-refractivity contribution in [3.05, 3.63) is 59.9 Å². The molecule has 3 rings (SSSR count). The van der Waals surface area contributed by atoms with Gasteiger partial charge in [-0.05, 0) is 42.3 Å². The van der Waals surface area contributed by atoms with Crippen molar-refractivity contribution < 1.29 is 4.39 Å². The summed E-state index contributed by atoms with van der Waals surface area (Å²) in [5.74, 6) is 5.88. The molecule has 4 heteroatoms. The predicted molar refractivity (Wildman–Crippen MR) is 79.7 cm³/mol. The summed E-state index contributed by atoms with van der Waals surface area (Å²) in [4.78, 5) is 4.52. The van der Waals surface area contributed by atoms with E-state index in [-0.39, 0.29) is 5.82 Å². The van der Waals surface area contributed by atoms with E-state index in [9.17, 15) is 4.39 Å². The van der Waals surface area contributed by atoms with Gasteiger partial charge in [-0.15, -0.1) is 0 Å². The second-order valence-corrected chi connectivity index (χ2v) is 4.73. The van der Waals surface area contributed by atoms with Crippen molar-refractivity contribution in [2.24, 2.45) is 5.84 Å². The highest BCUT2D eigenvalue weighted by molar-refractivity contribution is 5.89. The fraction of sp³-hybridized carbons (Fsp3) is 0.0625. The average Bonchev–Trinajstić information content (AvgIpc) is 2.46. The molecule has 0 aliphatic rings. The number of aromatic nitrogens is 1. The third-order valence-electron chi connectivity index (χ3n) is 3.27. The van der Waals surface area contributed by atoms with Crippen LogP contribution in [0.4, 0.5) is 10.2 Å². The van der Waals surface area contributed by atoms with E-state index < -0.39 is 0 Å². The van der Waals surface area contributed by atoms with Crippen molar-refractivity contribution in [3.8, 4) is 11.1 Å². The largest absolute Gasteiger partial charge is 0.308 e. The predicted octanol–water partition coefficient (Wildman–Crippen LogP) is 3.63. The summed E-state index contributed by atoms with van der Waals surface area (Å²) in [6, 6.07) is 14.3. The molecule has 3 nitrogen and oxygen atoms in total. The number of anilines is 1. The van der Waals surface area contributed by atoms with E-state index >= 15 is 0 Å². The van der Waals surface area contributed by atoms with Crippen molar-refractivity contribution in [2.75, 3.05) is 5.43 Å². The van der Waals surface area contributed by atoms with Gasteiger partial charge in [0.15, 0.2) is 0 Å². The molecule has 1 heterocycles. The maximum absolute atomic E-state index is 13.0. The topological polar surface area (TPSA) is 50.9 Å². The first-order chi connectivity index (χ1) is 9.67. The first-order valence-corrected chi connectivity index (χ1v) is 6.31. The molecule has 100 valence electrons. The minimum absolute atomic E-state index is 0.264. The van der Waals surface area contributed by atoms with E-state index in [0.29, 0.717) is 5.82 Å². The molecule has 3 N–H and O–H groups in total. The second kappa shape index (κ2) is 4.90. The van der Waals surface area contributed by atoms with Crippen LogP contribution in [0.25, 0.3) is 22.0 Å². The van der Waals surface area contributed by atoms with Crippen molar-refractivity contribution in [2.45, 2.75) is 6.92 Å². The minimum atomic E-state index is -0.264. The Hall–Kier alpha value is -2.46. The number of nitrogens with zero attached hydrogens (tertiary/aromatic N) is 1. The number of fused-ring (bicyclic) bond motifs is 1. The number of halogens is 1. The van der Waals surface area contributed by atoms with Gasteiger partial charge < -0.3 is 5.43 Å². The Morgan fingerprint density at radius 1 is 1.05 bits per heavy atom. The molecule has 0 amide bonds. The lowest BCUT2D eigenvalue weighted by atomic mass is 10.0. The van der Waals surface area contributed by atoms with E-state index in [1.54, 1.807) is 12.1 Å². The maximum atomic E-state index is 13.0. The molecule has 0 aliphatic heterocycles. The Morgan fingerprint density at radius 2 is 1.80 bits per heavy atom. The molecule has 2 aromatic carbocycles. The number of nitrogens with two attached hydrogens (primary N) is 1. The number of pyridine rings is 1. The number of rotatable bonds is 2. The van der Waals surface area contributed by atoms with Gasteiger partial charge in [0, 0.05) is 10.9 Å². The van der Waals surface area contributed by atoms with Gasteiger partial charge in [0.05, 0.1) is 5.52 Å². The molecular weight excluding hydrogens is 253 g/mol. The van der Waals surface area contributed by atoms with Gasteiger partial charge in [0.1, 0.15) is 11.6 Å². The molecule has 3 aromatic rings. The fourth-order valence-corrected chi connectivity index (χ4v) is 2.24. The van der Waals surface area contributed by atoms with Crippen LogP contribution in [0.5, 0.6) is 0 Å². The number of benzene rings is 2. The zero-order valence-electron chi connectivity index (χ0n) is 11.0. The standard InChI is InChI=1S/C16H14FN3/c1-10-2-3-12-9-14(11-4-6-13(17)7-5-11)16(20-18)19-15(12)8-10/h2-9H,18H2,1H3,(H,19,20). The Balaban J connectivity index is 2.23. The third-order valence-corrected chi connectivity index (χ3v) is 3.27. The van der Waals surface area contributed by atoms with Crippen LogP contribution in [-0.2, 0) is 0 Å². The van der Waals surface area contributed by atoms with Crippen molar-refractivity contribution in [3.63, 3.8) is 0 Å². The van der Waals surface area contributed by atoms with Gasteiger partial charge in [-0.3, -0.25) is 0 Å². The molecule has 0 saturated heterocycles. The van der Waals surface area contributed by atoms with E-state index in [4.69, 9.17) is 5.84 Å². The smallest absolute Gasteiger partial charge is 0.148 e. The molecule has 0 unspecified atom stereocenters. The van der Waals surface area contributed by atoms with E-state index in [1.807, 2.05) is 31.2 Å². The zero-order chi connectivity index (χ0) is 14.1. The summed E-state index contributed by atoms with van der Waals surface area (Å²) in [5, 5.41) is 1.02. The van der Waals surface area contributed by atoms with E-state index in [2.05, 4.69) is 10.4 Å². The summed E-state index contributed by atoms with van der Waals surface area (Å²) in [7, 11) is 0. The van der Waals surface area contributed by atoms with Crippen LogP contribution in [0.3, 0.4) is 0 Å². The molecule has 0 aliphatic carbocycles. The first-order valence-electron chi connectivity index (χ1n) is 6.31. The van der Waals surface area contributed by atoms with Gasteiger partial charge in [0.25, 0.3) is 0 Å². The Labute approximate surface area is 116 Å².